The van der Waals surface area contributed by atoms with E-state index in [0.29, 0.717) is 22.4 Å². The van der Waals surface area contributed by atoms with Crippen LogP contribution >= 0.6 is 0 Å². The largest absolute Gasteiger partial charge is 0.382 e. The molecule has 0 amide bonds. The third-order valence-electron chi connectivity index (χ3n) is 5.97. The Balaban J connectivity index is 1.77. The van der Waals surface area contributed by atoms with Crippen LogP contribution in [0.1, 0.15) is 35.2 Å². The van der Waals surface area contributed by atoms with Gasteiger partial charge in [0.05, 0.1) is 18.9 Å². The molecule has 0 radical (unpaired) electrons. The van der Waals surface area contributed by atoms with Crippen LogP contribution in [0.3, 0.4) is 0 Å². The molecule has 1 aliphatic rings. The number of methoxy groups -OCH3 is 1. The van der Waals surface area contributed by atoms with Crippen molar-refractivity contribution in [3.63, 3.8) is 0 Å². The SMILES string of the molecule is COCCON(c1onc(C)c1C)S(=O)(=O)c1c(C)cccc1-c1ccc(CC2CC2)cc1. The molecule has 0 unspecified atom stereocenters. The average Bonchev–Trinajstić information content (AvgIpc) is 3.55. The molecular formula is C25H30N2O5S. The first-order valence-corrected chi connectivity index (χ1v) is 12.6. The minimum atomic E-state index is -4.15. The highest BCUT2D eigenvalue weighted by atomic mass is 32.2. The fourth-order valence-corrected chi connectivity index (χ4v) is 5.50. The predicted molar refractivity (Wildman–Crippen MR) is 127 cm³/mol. The van der Waals surface area contributed by atoms with Crippen LogP contribution in [0.2, 0.25) is 0 Å². The zero-order valence-electron chi connectivity index (χ0n) is 19.5. The van der Waals surface area contributed by atoms with Crippen LogP contribution < -0.4 is 4.47 Å². The molecule has 7 nitrogen and oxygen atoms in total. The van der Waals surface area contributed by atoms with Gasteiger partial charge in [-0.25, -0.2) is 0 Å². The molecule has 0 saturated heterocycles. The van der Waals surface area contributed by atoms with Gasteiger partial charge in [-0.1, -0.05) is 47.6 Å². The molecule has 0 bridgehead atoms. The highest BCUT2D eigenvalue weighted by Crippen LogP contribution is 2.37. The van der Waals surface area contributed by atoms with E-state index in [0.717, 1.165) is 22.4 Å². The molecule has 2 aromatic carbocycles. The monoisotopic (exact) mass is 470 g/mol. The normalized spacial score (nSPS) is 13.9. The molecule has 33 heavy (non-hydrogen) atoms. The Morgan fingerprint density at radius 1 is 1.06 bits per heavy atom. The van der Waals surface area contributed by atoms with E-state index in [1.807, 2.05) is 24.3 Å². The number of sulfonamides is 1. The first-order chi connectivity index (χ1) is 15.8. The minimum absolute atomic E-state index is 0.0337. The lowest BCUT2D eigenvalue weighted by molar-refractivity contribution is 0.0727. The summed E-state index contributed by atoms with van der Waals surface area (Å²) < 4.78 is 39.3. The van der Waals surface area contributed by atoms with Crippen molar-refractivity contribution in [1.29, 1.82) is 0 Å². The van der Waals surface area contributed by atoms with E-state index in [2.05, 4.69) is 17.3 Å². The van der Waals surface area contributed by atoms with Gasteiger partial charge in [0.1, 0.15) is 4.90 Å². The molecule has 176 valence electrons. The molecule has 8 heteroatoms. The fourth-order valence-electron chi connectivity index (χ4n) is 3.80. The Morgan fingerprint density at radius 2 is 1.79 bits per heavy atom. The third kappa shape index (κ3) is 4.98. The van der Waals surface area contributed by atoms with Crippen molar-refractivity contribution in [3.05, 3.63) is 64.8 Å². The number of anilines is 1. The van der Waals surface area contributed by atoms with E-state index in [-0.39, 0.29) is 24.0 Å². The van der Waals surface area contributed by atoms with Crippen LogP contribution in [0.5, 0.6) is 0 Å². The minimum Gasteiger partial charge on any atom is -0.382 e. The zero-order valence-corrected chi connectivity index (χ0v) is 20.3. The lowest BCUT2D eigenvalue weighted by atomic mass is 10.0. The Morgan fingerprint density at radius 3 is 2.39 bits per heavy atom. The molecule has 0 spiro atoms. The van der Waals surface area contributed by atoms with Crippen LogP contribution in [0.4, 0.5) is 5.88 Å². The van der Waals surface area contributed by atoms with Gasteiger partial charge in [0.25, 0.3) is 15.9 Å². The number of benzene rings is 2. The third-order valence-corrected chi connectivity index (χ3v) is 7.73. The summed E-state index contributed by atoms with van der Waals surface area (Å²) in [7, 11) is -2.62. The second kappa shape index (κ2) is 9.67. The number of aryl methyl sites for hydroxylation is 2. The maximum atomic E-state index is 14.0. The Labute approximate surface area is 195 Å². The summed E-state index contributed by atoms with van der Waals surface area (Å²) >= 11 is 0. The van der Waals surface area contributed by atoms with E-state index < -0.39 is 10.0 Å². The quantitative estimate of drug-likeness (QED) is 0.307. The molecule has 1 aliphatic carbocycles. The van der Waals surface area contributed by atoms with Crippen LogP contribution in [-0.4, -0.2) is 33.9 Å². The Kier molecular flexibility index (Phi) is 6.88. The molecule has 0 N–H and O–H groups in total. The number of hydrogen-bond donors (Lipinski definition) is 0. The molecule has 0 atom stereocenters. The van der Waals surface area contributed by atoms with Crippen molar-refractivity contribution < 1.29 is 22.5 Å². The first kappa shape index (κ1) is 23.5. The molecule has 1 saturated carbocycles. The second-order valence-corrected chi connectivity index (χ2v) is 10.2. The van der Waals surface area contributed by atoms with Crippen LogP contribution in [0, 0.1) is 26.7 Å². The number of nitrogens with zero attached hydrogens (tertiary/aromatic N) is 2. The number of aromatic nitrogens is 1. The average molecular weight is 471 g/mol. The molecule has 1 heterocycles. The topological polar surface area (TPSA) is 81.9 Å². The van der Waals surface area contributed by atoms with E-state index in [4.69, 9.17) is 14.1 Å². The van der Waals surface area contributed by atoms with Crippen molar-refractivity contribution in [2.24, 2.45) is 5.92 Å². The van der Waals surface area contributed by atoms with Crippen LogP contribution in [-0.2, 0) is 26.0 Å². The van der Waals surface area contributed by atoms with E-state index >= 15 is 0 Å². The molecule has 1 fully saturated rings. The van der Waals surface area contributed by atoms with Gasteiger partial charge in [-0.3, -0.25) is 4.84 Å². The van der Waals surface area contributed by atoms with Crippen molar-refractivity contribution in [2.75, 3.05) is 24.8 Å². The van der Waals surface area contributed by atoms with Gasteiger partial charge in [0.15, 0.2) is 0 Å². The van der Waals surface area contributed by atoms with Gasteiger partial charge in [0, 0.05) is 18.2 Å². The lowest BCUT2D eigenvalue weighted by Crippen LogP contribution is -2.33. The summed E-state index contributed by atoms with van der Waals surface area (Å²) in [5.74, 6) is 0.828. The van der Waals surface area contributed by atoms with Gasteiger partial charge in [-0.15, -0.1) is 4.47 Å². The van der Waals surface area contributed by atoms with Crippen molar-refractivity contribution in [1.82, 2.24) is 5.16 Å². The highest BCUT2D eigenvalue weighted by molar-refractivity contribution is 7.92. The van der Waals surface area contributed by atoms with E-state index in [9.17, 15) is 8.42 Å². The maximum absolute atomic E-state index is 14.0. The Hall–Kier alpha value is -2.68. The van der Waals surface area contributed by atoms with E-state index in [1.54, 1.807) is 26.8 Å². The maximum Gasteiger partial charge on any atom is 0.290 e. The number of hydrogen-bond acceptors (Lipinski definition) is 6. The highest BCUT2D eigenvalue weighted by Gasteiger charge is 2.35. The fraction of sp³-hybridized carbons (Fsp3) is 0.400. The van der Waals surface area contributed by atoms with Crippen molar-refractivity contribution in [3.8, 4) is 11.1 Å². The number of ether oxygens (including phenoxy) is 1. The summed E-state index contributed by atoms with van der Waals surface area (Å²) in [4.78, 5) is 5.86. The first-order valence-electron chi connectivity index (χ1n) is 11.1. The van der Waals surface area contributed by atoms with Crippen molar-refractivity contribution >= 4 is 15.9 Å². The van der Waals surface area contributed by atoms with Crippen molar-refractivity contribution in [2.45, 2.75) is 44.9 Å². The molecule has 1 aromatic heterocycles. The summed E-state index contributed by atoms with van der Waals surface area (Å²) in [6.07, 6.45) is 3.66. The van der Waals surface area contributed by atoms with Gasteiger partial charge in [0.2, 0.25) is 0 Å². The summed E-state index contributed by atoms with van der Waals surface area (Å²) in [6, 6.07) is 13.6. The smallest absolute Gasteiger partial charge is 0.290 e. The standard InChI is InChI=1S/C25H30N2O5S/c1-17-6-5-7-23(22-12-10-21(11-13-22)16-20-8-9-20)24(17)33(28,29)27(31-15-14-30-4)25-18(2)19(3)26-32-25/h5-7,10-13,20H,8-9,14-16H2,1-4H3. The molecule has 3 aromatic rings. The Bertz CT molecular complexity index is 1210. The summed E-state index contributed by atoms with van der Waals surface area (Å²) in [6.45, 7) is 5.54. The summed E-state index contributed by atoms with van der Waals surface area (Å²) in [5, 5.41) is 3.92. The lowest BCUT2D eigenvalue weighted by Gasteiger charge is -2.23. The molecular weight excluding hydrogens is 440 g/mol. The predicted octanol–water partition coefficient (Wildman–Crippen LogP) is 4.99. The van der Waals surface area contributed by atoms with Crippen LogP contribution in [0.25, 0.3) is 11.1 Å². The zero-order chi connectivity index (χ0) is 23.6. The van der Waals surface area contributed by atoms with Crippen LogP contribution in [0.15, 0.2) is 51.9 Å². The van der Waals surface area contributed by atoms with Gasteiger partial charge in [-0.2, -0.15) is 8.42 Å². The van der Waals surface area contributed by atoms with Gasteiger partial charge >= 0.3 is 0 Å². The van der Waals surface area contributed by atoms with E-state index in [1.165, 1.54) is 25.5 Å². The van der Waals surface area contributed by atoms with Gasteiger partial charge < -0.3 is 9.26 Å². The second-order valence-electron chi connectivity index (χ2n) is 8.55. The summed E-state index contributed by atoms with van der Waals surface area (Å²) in [5.41, 5.74) is 4.52. The number of rotatable bonds is 10. The molecule has 4 rings (SSSR count). The van der Waals surface area contributed by atoms with Gasteiger partial charge in [-0.05, 0) is 62.6 Å². The molecule has 0 aliphatic heterocycles.